The molecule has 0 amide bonds. The second-order valence-corrected chi connectivity index (χ2v) is 3.96. The minimum absolute atomic E-state index is 0.0377. The number of alkyl halides is 3. The Hall–Kier alpha value is -1.81. The maximum absolute atomic E-state index is 12.5. The van der Waals surface area contributed by atoms with Crippen LogP contribution in [0.2, 0.25) is 0 Å². The molecule has 1 aliphatic carbocycles. The largest absolute Gasteiger partial charge is 0.508 e. The lowest BCUT2D eigenvalue weighted by molar-refractivity contribution is -0.137. The summed E-state index contributed by atoms with van der Waals surface area (Å²) in [5.74, 6) is -0.283. The predicted octanol–water partition coefficient (Wildman–Crippen LogP) is 2.74. The number of halogens is 3. The molecule has 1 fully saturated rings. The number of benzene rings is 1. The summed E-state index contributed by atoms with van der Waals surface area (Å²) in [6.45, 7) is 0. The van der Waals surface area contributed by atoms with Crippen LogP contribution in [0, 0.1) is 0 Å². The minimum Gasteiger partial charge on any atom is -0.508 e. The number of hydrogen-bond acceptors (Lipinski definition) is 3. The van der Waals surface area contributed by atoms with Crippen molar-refractivity contribution in [1.82, 2.24) is 0 Å². The van der Waals surface area contributed by atoms with Crippen LogP contribution in [-0.4, -0.2) is 11.2 Å². The lowest BCUT2D eigenvalue weighted by atomic mass is 10.0. The van der Waals surface area contributed by atoms with Crippen molar-refractivity contribution in [2.45, 2.75) is 24.6 Å². The molecule has 0 atom stereocenters. The molecule has 0 unspecified atom stereocenters. The maximum Gasteiger partial charge on any atom is 0.416 e. The van der Waals surface area contributed by atoms with Gasteiger partial charge in [0.25, 0.3) is 0 Å². The third kappa shape index (κ3) is 2.03. The highest BCUT2D eigenvalue weighted by Crippen LogP contribution is 2.52. The third-order valence-electron chi connectivity index (χ3n) is 2.81. The van der Waals surface area contributed by atoms with Gasteiger partial charge in [0.05, 0.1) is 5.56 Å². The second-order valence-electron chi connectivity index (χ2n) is 3.96. The number of hydrogen-bond donors (Lipinski definition) is 1. The van der Waals surface area contributed by atoms with Crippen LogP contribution in [0.15, 0.2) is 23.2 Å². The molecule has 1 aromatic carbocycles. The molecule has 0 spiro atoms. The highest BCUT2D eigenvalue weighted by atomic mass is 19.4. The molecule has 1 saturated carbocycles. The third-order valence-corrected chi connectivity index (χ3v) is 2.81. The Bertz CT molecular complexity index is 500. The van der Waals surface area contributed by atoms with Gasteiger partial charge < -0.3 is 5.11 Å². The zero-order chi connectivity index (χ0) is 12.7. The zero-order valence-electron chi connectivity index (χ0n) is 8.58. The van der Waals surface area contributed by atoms with Crippen LogP contribution in [0.1, 0.15) is 24.0 Å². The van der Waals surface area contributed by atoms with Crippen LogP contribution >= 0.6 is 0 Å². The number of phenolic OH excluding ortho intramolecular Hbond substituents is 1. The van der Waals surface area contributed by atoms with Crippen molar-refractivity contribution in [3.8, 4) is 5.75 Å². The summed E-state index contributed by atoms with van der Waals surface area (Å²) >= 11 is 0. The minimum atomic E-state index is -4.48. The van der Waals surface area contributed by atoms with Gasteiger partial charge in [-0.05, 0) is 31.0 Å². The predicted molar refractivity (Wildman–Crippen MR) is 52.1 cm³/mol. The Morgan fingerprint density at radius 2 is 2.00 bits per heavy atom. The molecule has 0 bridgehead atoms. The Labute approximate surface area is 94.6 Å². The Kier molecular flexibility index (Phi) is 2.47. The molecule has 1 aromatic rings. The summed E-state index contributed by atoms with van der Waals surface area (Å²) < 4.78 is 37.5. The molecule has 0 heterocycles. The number of phenols is 1. The van der Waals surface area contributed by atoms with E-state index < -0.39 is 17.3 Å². The van der Waals surface area contributed by atoms with Crippen LogP contribution in [0.5, 0.6) is 5.75 Å². The quantitative estimate of drug-likeness (QED) is 0.641. The molecular weight excluding hydrogens is 235 g/mol. The van der Waals surface area contributed by atoms with Gasteiger partial charge >= 0.3 is 6.18 Å². The monoisotopic (exact) mass is 243 g/mol. The second kappa shape index (κ2) is 3.60. The number of aromatic hydroxyl groups is 1. The molecule has 17 heavy (non-hydrogen) atoms. The highest BCUT2D eigenvalue weighted by molar-refractivity contribution is 5.48. The van der Waals surface area contributed by atoms with E-state index in [-0.39, 0.29) is 11.3 Å². The molecule has 6 heteroatoms. The number of rotatable bonds is 2. The molecule has 0 saturated heterocycles. The number of carbonyl (C=O) groups excluding carboxylic acids is 1. The van der Waals surface area contributed by atoms with Crippen LogP contribution in [-0.2, 0) is 16.5 Å². The topological polar surface area (TPSA) is 49.7 Å². The molecule has 1 N–H and O–H groups in total. The summed E-state index contributed by atoms with van der Waals surface area (Å²) in [6.07, 6.45) is -2.26. The van der Waals surface area contributed by atoms with Crippen LogP contribution in [0.3, 0.4) is 0 Å². The normalized spacial score (nSPS) is 17.4. The van der Waals surface area contributed by atoms with E-state index in [9.17, 15) is 23.1 Å². The smallest absolute Gasteiger partial charge is 0.416 e. The van der Waals surface area contributed by atoms with Crippen molar-refractivity contribution < 1.29 is 23.1 Å². The molecule has 3 nitrogen and oxygen atoms in total. The molecule has 0 aliphatic heterocycles. The average molecular weight is 243 g/mol. The van der Waals surface area contributed by atoms with Crippen LogP contribution < -0.4 is 0 Å². The first-order valence-electron chi connectivity index (χ1n) is 4.89. The lowest BCUT2D eigenvalue weighted by Gasteiger charge is -2.14. The summed E-state index contributed by atoms with van der Waals surface area (Å²) in [5.41, 5.74) is -1.83. The first-order valence-corrected chi connectivity index (χ1v) is 4.89. The van der Waals surface area contributed by atoms with Gasteiger partial charge in [0.15, 0.2) is 0 Å². The van der Waals surface area contributed by atoms with E-state index in [2.05, 4.69) is 4.99 Å². The molecular formula is C11H8F3NO2. The molecule has 90 valence electrons. The van der Waals surface area contributed by atoms with E-state index in [1.54, 1.807) is 0 Å². The molecule has 0 radical (unpaired) electrons. The van der Waals surface area contributed by atoms with Gasteiger partial charge in [-0.1, -0.05) is 0 Å². The van der Waals surface area contributed by atoms with Crippen LogP contribution in [0.25, 0.3) is 0 Å². The number of aliphatic imine (C=N–C) groups is 1. The SMILES string of the molecule is O=C=NC1(c2cc(C(F)(F)F)ccc2O)CC1. The van der Waals surface area contributed by atoms with Gasteiger partial charge in [0.1, 0.15) is 11.3 Å². The fourth-order valence-electron chi connectivity index (χ4n) is 1.73. The van der Waals surface area contributed by atoms with E-state index in [1.807, 2.05) is 0 Å². The average Bonchev–Trinajstić information content (AvgIpc) is 2.98. The fourth-order valence-corrected chi connectivity index (χ4v) is 1.73. The summed E-state index contributed by atoms with van der Waals surface area (Å²) in [7, 11) is 0. The van der Waals surface area contributed by atoms with Gasteiger partial charge in [0, 0.05) is 5.56 Å². The first-order chi connectivity index (χ1) is 7.89. The Morgan fingerprint density at radius 3 is 2.47 bits per heavy atom. The maximum atomic E-state index is 12.5. The molecule has 0 aromatic heterocycles. The van der Waals surface area contributed by atoms with Crippen molar-refractivity contribution in [3.05, 3.63) is 29.3 Å². The first kappa shape index (κ1) is 11.7. The Balaban J connectivity index is 2.51. The van der Waals surface area contributed by atoms with Gasteiger partial charge in [-0.3, -0.25) is 0 Å². The summed E-state index contributed by atoms with van der Waals surface area (Å²) in [5, 5.41) is 9.55. The standard InChI is InChI=1S/C11H8F3NO2/c12-11(13,14)7-1-2-9(17)8(5-7)10(3-4-10)15-6-16/h1-2,5,17H,3-4H2. The van der Waals surface area contributed by atoms with E-state index >= 15 is 0 Å². The van der Waals surface area contributed by atoms with Crippen LogP contribution in [0.4, 0.5) is 13.2 Å². The van der Waals surface area contributed by atoms with Gasteiger partial charge in [-0.25, -0.2) is 4.79 Å². The van der Waals surface area contributed by atoms with E-state index in [1.165, 1.54) is 6.08 Å². The number of isocyanates is 1. The highest BCUT2D eigenvalue weighted by Gasteiger charge is 2.47. The Morgan fingerprint density at radius 1 is 1.35 bits per heavy atom. The van der Waals surface area contributed by atoms with Crippen molar-refractivity contribution in [2.75, 3.05) is 0 Å². The zero-order valence-corrected chi connectivity index (χ0v) is 8.58. The molecule has 1 aliphatic rings. The van der Waals surface area contributed by atoms with E-state index in [0.29, 0.717) is 12.8 Å². The van der Waals surface area contributed by atoms with E-state index in [4.69, 9.17) is 0 Å². The lowest BCUT2D eigenvalue weighted by Crippen LogP contribution is -2.09. The van der Waals surface area contributed by atoms with Crippen molar-refractivity contribution in [3.63, 3.8) is 0 Å². The van der Waals surface area contributed by atoms with Gasteiger partial charge in [0.2, 0.25) is 6.08 Å². The van der Waals surface area contributed by atoms with Crippen molar-refractivity contribution in [1.29, 1.82) is 0 Å². The summed E-state index contributed by atoms with van der Waals surface area (Å²) in [6, 6.07) is 2.60. The summed E-state index contributed by atoms with van der Waals surface area (Å²) in [4.78, 5) is 13.7. The van der Waals surface area contributed by atoms with Gasteiger partial charge in [-0.2, -0.15) is 18.2 Å². The fraction of sp³-hybridized carbons (Fsp3) is 0.364. The number of nitrogens with zero attached hydrogens (tertiary/aromatic N) is 1. The molecule has 2 rings (SSSR count). The van der Waals surface area contributed by atoms with Gasteiger partial charge in [-0.15, -0.1) is 0 Å². The van der Waals surface area contributed by atoms with Crippen molar-refractivity contribution in [2.24, 2.45) is 4.99 Å². The van der Waals surface area contributed by atoms with Crippen molar-refractivity contribution >= 4 is 6.08 Å². The van der Waals surface area contributed by atoms with E-state index in [0.717, 1.165) is 18.2 Å².